The molecule has 2 aromatic carbocycles. The average molecular weight is 366 g/mol. The highest BCUT2D eigenvalue weighted by Crippen LogP contribution is 2.25. The number of rotatable bonds is 5. The summed E-state index contributed by atoms with van der Waals surface area (Å²) >= 11 is 1.52. The third-order valence-corrected chi connectivity index (χ3v) is 5.03. The van der Waals surface area contributed by atoms with E-state index in [1.165, 1.54) is 11.8 Å². The lowest BCUT2D eigenvalue weighted by Gasteiger charge is -2.08. The van der Waals surface area contributed by atoms with Gasteiger partial charge in [0, 0.05) is 13.1 Å². The molecule has 0 saturated carbocycles. The molecule has 4 aromatic rings. The van der Waals surface area contributed by atoms with Crippen LogP contribution in [-0.4, -0.2) is 26.1 Å². The van der Waals surface area contributed by atoms with E-state index in [-0.39, 0.29) is 5.56 Å². The Bertz CT molecular complexity index is 1150. The molecule has 7 heteroatoms. The van der Waals surface area contributed by atoms with Crippen molar-refractivity contribution in [2.24, 2.45) is 7.05 Å². The second-order valence-corrected chi connectivity index (χ2v) is 6.82. The molecular weight excluding hydrogens is 348 g/mol. The summed E-state index contributed by atoms with van der Waals surface area (Å²) in [5, 5.41) is 1.42. The number of ether oxygens (including phenoxy) is 1. The van der Waals surface area contributed by atoms with Crippen molar-refractivity contribution in [3.05, 3.63) is 58.6 Å². The Kier molecular flexibility index (Phi) is 4.38. The van der Waals surface area contributed by atoms with Crippen molar-refractivity contribution in [2.75, 3.05) is 6.61 Å². The molecule has 0 bridgehead atoms. The van der Waals surface area contributed by atoms with Gasteiger partial charge >= 0.3 is 0 Å². The van der Waals surface area contributed by atoms with Gasteiger partial charge in [0.1, 0.15) is 11.6 Å². The minimum Gasteiger partial charge on any atom is -0.494 e. The molecule has 0 aliphatic carbocycles. The zero-order valence-electron chi connectivity index (χ0n) is 14.5. The summed E-state index contributed by atoms with van der Waals surface area (Å²) in [5.41, 5.74) is 2.50. The smallest absolute Gasteiger partial charge is 0.261 e. The van der Waals surface area contributed by atoms with Crippen molar-refractivity contribution >= 4 is 33.7 Å². The van der Waals surface area contributed by atoms with Crippen molar-refractivity contribution in [1.29, 1.82) is 0 Å². The lowest BCUT2D eigenvalue weighted by molar-refractivity contribution is 0.340. The van der Waals surface area contributed by atoms with Crippen LogP contribution in [-0.2, 0) is 12.8 Å². The SMILES string of the molecule is CCOc1ccc2nc(SCc3nc4ccccc4c(=O)n3C)[nH]c2c1. The Balaban J connectivity index is 1.61. The van der Waals surface area contributed by atoms with Gasteiger partial charge in [-0.1, -0.05) is 23.9 Å². The molecular formula is C19H18N4O2S. The first-order valence-corrected chi connectivity index (χ1v) is 9.34. The van der Waals surface area contributed by atoms with Gasteiger partial charge in [-0.3, -0.25) is 9.36 Å². The van der Waals surface area contributed by atoms with Gasteiger partial charge < -0.3 is 9.72 Å². The van der Waals surface area contributed by atoms with Gasteiger partial charge in [0.15, 0.2) is 5.16 Å². The number of para-hydroxylation sites is 1. The highest BCUT2D eigenvalue weighted by molar-refractivity contribution is 7.98. The standard InChI is InChI=1S/C19H18N4O2S/c1-3-25-12-8-9-15-16(10-12)22-19(21-15)26-11-17-20-14-7-5-4-6-13(14)18(24)23(17)2/h4-10H,3,11H2,1-2H3,(H,21,22). The van der Waals surface area contributed by atoms with Crippen LogP contribution in [0.5, 0.6) is 5.75 Å². The molecule has 2 heterocycles. The van der Waals surface area contributed by atoms with E-state index >= 15 is 0 Å². The molecule has 0 saturated heterocycles. The summed E-state index contributed by atoms with van der Waals surface area (Å²) < 4.78 is 7.12. The van der Waals surface area contributed by atoms with Crippen molar-refractivity contribution in [3.8, 4) is 5.75 Å². The number of fused-ring (bicyclic) bond motifs is 2. The van der Waals surface area contributed by atoms with Gasteiger partial charge in [0.25, 0.3) is 5.56 Å². The summed E-state index contributed by atoms with van der Waals surface area (Å²) in [6, 6.07) is 13.2. The average Bonchev–Trinajstić information content (AvgIpc) is 3.06. The zero-order valence-corrected chi connectivity index (χ0v) is 15.3. The van der Waals surface area contributed by atoms with Crippen molar-refractivity contribution in [2.45, 2.75) is 17.8 Å². The fourth-order valence-corrected chi connectivity index (χ4v) is 3.69. The van der Waals surface area contributed by atoms with Crippen LogP contribution in [0.1, 0.15) is 12.7 Å². The molecule has 0 aliphatic heterocycles. The second kappa shape index (κ2) is 6.84. The van der Waals surface area contributed by atoms with Gasteiger partial charge in [-0.2, -0.15) is 0 Å². The van der Waals surface area contributed by atoms with Crippen molar-refractivity contribution < 1.29 is 4.74 Å². The monoisotopic (exact) mass is 366 g/mol. The number of thioether (sulfide) groups is 1. The molecule has 2 aromatic heterocycles. The topological polar surface area (TPSA) is 72.8 Å². The number of imidazole rings is 1. The maximum atomic E-state index is 12.5. The molecule has 0 aliphatic rings. The van der Waals surface area contributed by atoms with Gasteiger partial charge in [-0.15, -0.1) is 0 Å². The molecule has 132 valence electrons. The van der Waals surface area contributed by atoms with Crippen LogP contribution in [0.2, 0.25) is 0 Å². The Hall–Kier alpha value is -2.80. The molecule has 0 fully saturated rings. The zero-order chi connectivity index (χ0) is 18.1. The number of H-pyrrole nitrogens is 1. The van der Waals surface area contributed by atoms with Crippen LogP contribution >= 0.6 is 11.8 Å². The first-order chi connectivity index (χ1) is 12.7. The van der Waals surface area contributed by atoms with E-state index in [0.29, 0.717) is 23.6 Å². The van der Waals surface area contributed by atoms with E-state index in [1.54, 1.807) is 17.7 Å². The molecule has 0 unspecified atom stereocenters. The van der Waals surface area contributed by atoms with Gasteiger partial charge in [0.05, 0.1) is 34.3 Å². The summed E-state index contributed by atoms with van der Waals surface area (Å²) in [6.45, 7) is 2.59. The van der Waals surface area contributed by atoms with Crippen LogP contribution in [0, 0.1) is 0 Å². The molecule has 0 amide bonds. The number of hydrogen-bond acceptors (Lipinski definition) is 5. The van der Waals surface area contributed by atoms with Crippen LogP contribution in [0.4, 0.5) is 0 Å². The summed E-state index contributed by atoms with van der Waals surface area (Å²) in [7, 11) is 1.75. The Morgan fingerprint density at radius 3 is 2.85 bits per heavy atom. The van der Waals surface area contributed by atoms with E-state index in [2.05, 4.69) is 15.0 Å². The highest BCUT2D eigenvalue weighted by Gasteiger charge is 2.10. The number of aromatic amines is 1. The molecule has 0 atom stereocenters. The number of nitrogens with one attached hydrogen (secondary N) is 1. The van der Waals surface area contributed by atoms with Crippen molar-refractivity contribution in [1.82, 2.24) is 19.5 Å². The fraction of sp³-hybridized carbons (Fsp3) is 0.211. The highest BCUT2D eigenvalue weighted by atomic mass is 32.2. The van der Waals surface area contributed by atoms with E-state index in [4.69, 9.17) is 4.74 Å². The van der Waals surface area contributed by atoms with Gasteiger partial charge in [0.2, 0.25) is 0 Å². The molecule has 26 heavy (non-hydrogen) atoms. The van der Waals surface area contributed by atoms with Gasteiger partial charge in [-0.05, 0) is 31.2 Å². The van der Waals surface area contributed by atoms with E-state index < -0.39 is 0 Å². The normalized spacial score (nSPS) is 11.3. The Morgan fingerprint density at radius 2 is 2.00 bits per heavy atom. The maximum Gasteiger partial charge on any atom is 0.261 e. The molecule has 0 radical (unpaired) electrons. The summed E-state index contributed by atoms with van der Waals surface area (Å²) in [5.74, 6) is 2.09. The van der Waals surface area contributed by atoms with Crippen LogP contribution in [0.15, 0.2) is 52.4 Å². The van der Waals surface area contributed by atoms with E-state index in [9.17, 15) is 4.79 Å². The van der Waals surface area contributed by atoms with Gasteiger partial charge in [-0.25, -0.2) is 9.97 Å². The first-order valence-electron chi connectivity index (χ1n) is 8.35. The summed E-state index contributed by atoms with van der Waals surface area (Å²) in [6.07, 6.45) is 0. The predicted octanol–water partition coefficient (Wildman–Crippen LogP) is 3.50. The van der Waals surface area contributed by atoms with E-state index in [0.717, 1.165) is 27.5 Å². The molecule has 6 nitrogen and oxygen atoms in total. The van der Waals surface area contributed by atoms with Crippen LogP contribution < -0.4 is 10.3 Å². The van der Waals surface area contributed by atoms with Crippen LogP contribution in [0.25, 0.3) is 21.9 Å². The molecule has 0 spiro atoms. The third kappa shape index (κ3) is 3.06. The minimum atomic E-state index is -0.0304. The van der Waals surface area contributed by atoms with Crippen molar-refractivity contribution in [3.63, 3.8) is 0 Å². The number of hydrogen-bond donors (Lipinski definition) is 1. The fourth-order valence-electron chi connectivity index (χ4n) is 2.82. The Morgan fingerprint density at radius 1 is 1.15 bits per heavy atom. The first kappa shape index (κ1) is 16.7. The quantitative estimate of drug-likeness (QED) is 0.547. The maximum absolute atomic E-state index is 12.5. The second-order valence-electron chi connectivity index (χ2n) is 5.85. The largest absolute Gasteiger partial charge is 0.494 e. The molecule has 1 N–H and O–H groups in total. The third-order valence-electron chi connectivity index (χ3n) is 4.16. The predicted molar refractivity (Wildman–Crippen MR) is 104 cm³/mol. The number of aromatic nitrogens is 4. The minimum absolute atomic E-state index is 0.0304. The Labute approximate surface area is 154 Å². The van der Waals surface area contributed by atoms with Crippen LogP contribution in [0.3, 0.4) is 0 Å². The molecule has 4 rings (SSSR count). The number of nitrogens with zero attached hydrogens (tertiary/aromatic N) is 3. The lowest BCUT2D eigenvalue weighted by atomic mass is 10.2. The lowest BCUT2D eigenvalue weighted by Crippen LogP contribution is -2.21. The number of benzene rings is 2. The van der Waals surface area contributed by atoms with E-state index in [1.807, 2.05) is 43.3 Å². The summed E-state index contributed by atoms with van der Waals surface area (Å²) in [4.78, 5) is 25.0.